The Morgan fingerprint density at radius 1 is 1.12 bits per heavy atom. The predicted octanol–water partition coefficient (Wildman–Crippen LogP) is 2.51. The van der Waals surface area contributed by atoms with E-state index >= 15 is 0 Å². The lowest BCUT2D eigenvalue weighted by molar-refractivity contribution is 0.0593. The van der Waals surface area contributed by atoms with E-state index in [0.29, 0.717) is 19.6 Å². The first-order valence-corrected chi connectivity index (χ1v) is 12.0. The van der Waals surface area contributed by atoms with Crippen molar-refractivity contribution in [2.75, 3.05) is 25.9 Å². The van der Waals surface area contributed by atoms with Crippen LogP contribution < -0.4 is 0 Å². The van der Waals surface area contributed by atoms with Gasteiger partial charge in [-0.05, 0) is 56.1 Å². The van der Waals surface area contributed by atoms with Crippen LogP contribution >= 0.6 is 11.3 Å². The number of hydrogen-bond donors (Lipinski definition) is 0. The van der Waals surface area contributed by atoms with Gasteiger partial charge in [0.05, 0.1) is 11.1 Å². The molecule has 2 atom stereocenters. The molecule has 2 bridgehead atoms. The third-order valence-corrected chi connectivity index (χ3v) is 8.33. The van der Waals surface area contributed by atoms with Crippen molar-refractivity contribution in [2.45, 2.75) is 51.0 Å². The van der Waals surface area contributed by atoms with E-state index in [1.54, 1.807) is 15.6 Å². The summed E-state index contributed by atoms with van der Waals surface area (Å²) in [7, 11) is -3.20. The summed E-state index contributed by atoms with van der Waals surface area (Å²) in [6, 6.07) is 2.13. The SMILES string of the molecule is CS(=O)(=O)N1C[C@@H]2CC[C@H](C1)N(C(=O)c1cc3c(s1)CCCCC3)C2. The second-order valence-electron chi connectivity index (χ2n) is 7.75. The molecule has 1 aromatic heterocycles. The zero-order valence-electron chi connectivity index (χ0n) is 14.7. The minimum absolute atomic E-state index is 0.0166. The summed E-state index contributed by atoms with van der Waals surface area (Å²) in [4.78, 5) is 17.4. The number of rotatable bonds is 2. The Labute approximate surface area is 154 Å². The van der Waals surface area contributed by atoms with Crippen molar-refractivity contribution < 1.29 is 13.2 Å². The van der Waals surface area contributed by atoms with Gasteiger partial charge in [0.15, 0.2) is 0 Å². The van der Waals surface area contributed by atoms with E-state index < -0.39 is 10.0 Å². The molecule has 5 nitrogen and oxygen atoms in total. The van der Waals surface area contributed by atoms with E-state index in [9.17, 15) is 13.2 Å². The second-order valence-corrected chi connectivity index (χ2v) is 10.9. The smallest absolute Gasteiger partial charge is 0.264 e. The summed E-state index contributed by atoms with van der Waals surface area (Å²) in [5.74, 6) is 0.373. The number of fused-ring (bicyclic) bond motifs is 5. The molecule has 3 aliphatic heterocycles. The maximum absolute atomic E-state index is 13.2. The summed E-state index contributed by atoms with van der Waals surface area (Å²) in [6.45, 7) is 1.70. The Morgan fingerprint density at radius 3 is 2.72 bits per heavy atom. The number of nitrogens with zero attached hydrogens (tertiary/aromatic N) is 2. The van der Waals surface area contributed by atoms with Crippen LogP contribution in [-0.4, -0.2) is 55.5 Å². The number of carbonyl (C=O) groups excluding carboxylic acids is 1. The topological polar surface area (TPSA) is 57.7 Å². The molecule has 25 heavy (non-hydrogen) atoms. The van der Waals surface area contributed by atoms with Crippen molar-refractivity contribution in [1.29, 1.82) is 0 Å². The molecule has 3 fully saturated rings. The van der Waals surface area contributed by atoms with Crippen molar-refractivity contribution in [3.8, 4) is 0 Å². The first kappa shape index (κ1) is 17.5. The van der Waals surface area contributed by atoms with E-state index in [1.165, 1.54) is 36.0 Å². The highest BCUT2D eigenvalue weighted by atomic mass is 32.2. The van der Waals surface area contributed by atoms with E-state index in [1.807, 2.05) is 4.90 Å². The fourth-order valence-electron chi connectivity index (χ4n) is 4.47. The van der Waals surface area contributed by atoms with Crippen molar-refractivity contribution in [2.24, 2.45) is 5.92 Å². The standard InChI is InChI=1S/C18H26N2O3S2/c1-25(22,23)19-10-13-7-8-15(12-19)20(11-13)18(21)17-9-14-5-3-2-4-6-16(14)24-17/h9,13,15H,2-8,10-12H2,1H3/t13-,15+/m0/s1. The summed E-state index contributed by atoms with van der Waals surface area (Å²) in [6.07, 6.45) is 9.11. The molecule has 1 aromatic rings. The number of piperidine rings is 1. The molecule has 0 saturated carbocycles. The van der Waals surface area contributed by atoms with Crippen molar-refractivity contribution in [1.82, 2.24) is 9.21 Å². The Bertz CT molecular complexity index is 748. The van der Waals surface area contributed by atoms with E-state index in [-0.39, 0.29) is 17.9 Å². The number of amides is 1. The van der Waals surface area contributed by atoms with Crippen LogP contribution in [0.3, 0.4) is 0 Å². The summed E-state index contributed by atoms with van der Waals surface area (Å²) in [5, 5.41) is 0. The van der Waals surface area contributed by atoms with Crippen LogP contribution in [0, 0.1) is 5.92 Å². The third kappa shape index (κ3) is 3.51. The van der Waals surface area contributed by atoms with Crippen LogP contribution in [0.1, 0.15) is 52.2 Å². The predicted molar refractivity (Wildman–Crippen MR) is 99.5 cm³/mol. The summed E-state index contributed by atoms with van der Waals surface area (Å²) < 4.78 is 25.6. The monoisotopic (exact) mass is 382 g/mol. The van der Waals surface area contributed by atoms with E-state index in [2.05, 4.69) is 6.07 Å². The molecule has 0 unspecified atom stereocenters. The van der Waals surface area contributed by atoms with E-state index in [0.717, 1.165) is 30.6 Å². The van der Waals surface area contributed by atoms with Gasteiger partial charge in [0.2, 0.25) is 10.0 Å². The maximum atomic E-state index is 13.2. The minimum atomic E-state index is -3.20. The number of hydrogen-bond acceptors (Lipinski definition) is 4. The number of thiophene rings is 1. The molecular formula is C18H26N2O3S2. The van der Waals surface area contributed by atoms with Gasteiger partial charge in [0.1, 0.15) is 0 Å². The summed E-state index contributed by atoms with van der Waals surface area (Å²) >= 11 is 1.67. The molecule has 4 heterocycles. The fourth-order valence-corrected chi connectivity index (χ4v) is 6.61. The number of aryl methyl sites for hydroxylation is 2. The van der Waals surface area contributed by atoms with Gasteiger partial charge in [-0.15, -0.1) is 11.3 Å². The van der Waals surface area contributed by atoms with Gasteiger partial charge in [-0.25, -0.2) is 8.42 Å². The lowest BCUT2D eigenvalue weighted by Gasteiger charge is -2.35. The largest absolute Gasteiger partial charge is 0.333 e. The van der Waals surface area contributed by atoms with Crippen LogP contribution in [0.2, 0.25) is 0 Å². The molecule has 7 heteroatoms. The fraction of sp³-hybridized carbons (Fsp3) is 0.722. The van der Waals surface area contributed by atoms with Gasteiger partial charge >= 0.3 is 0 Å². The van der Waals surface area contributed by atoms with E-state index in [4.69, 9.17) is 0 Å². The molecule has 4 aliphatic rings. The normalized spacial score (nSPS) is 27.6. The van der Waals surface area contributed by atoms with Gasteiger partial charge in [-0.3, -0.25) is 4.79 Å². The van der Waals surface area contributed by atoms with Crippen LogP contribution in [0.25, 0.3) is 0 Å². The first-order valence-electron chi connectivity index (χ1n) is 9.29. The Balaban J connectivity index is 1.57. The Kier molecular flexibility index (Phi) is 4.67. The lowest BCUT2D eigenvalue weighted by Crippen LogP contribution is -2.47. The van der Waals surface area contributed by atoms with Gasteiger partial charge in [0, 0.05) is 30.6 Å². The Hall–Kier alpha value is -0.920. The Morgan fingerprint density at radius 2 is 1.92 bits per heavy atom. The number of sulfonamides is 1. The average molecular weight is 383 g/mol. The van der Waals surface area contributed by atoms with Crippen LogP contribution in [0.4, 0.5) is 0 Å². The molecule has 0 N–H and O–H groups in total. The van der Waals surface area contributed by atoms with Crippen molar-refractivity contribution >= 4 is 27.3 Å². The summed E-state index contributed by atoms with van der Waals surface area (Å²) in [5.41, 5.74) is 1.36. The third-order valence-electron chi connectivity index (χ3n) is 5.87. The molecule has 0 spiro atoms. The maximum Gasteiger partial charge on any atom is 0.264 e. The molecule has 3 saturated heterocycles. The second kappa shape index (κ2) is 6.67. The van der Waals surface area contributed by atoms with Crippen molar-refractivity contribution in [3.63, 3.8) is 0 Å². The molecule has 138 valence electrons. The molecular weight excluding hydrogens is 356 g/mol. The van der Waals surface area contributed by atoms with Gasteiger partial charge in [-0.1, -0.05) is 6.42 Å². The molecule has 1 amide bonds. The molecule has 0 aromatic carbocycles. The molecule has 5 rings (SSSR count). The van der Waals surface area contributed by atoms with Crippen LogP contribution in [0.15, 0.2) is 6.07 Å². The highest BCUT2D eigenvalue weighted by molar-refractivity contribution is 7.88. The molecule has 1 aliphatic carbocycles. The highest BCUT2D eigenvalue weighted by Crippen LogP contribution is 2.34. The van der Waals surface area contributed by atoms with Gasteiger partial charge in [-0.2, -0.15) is 4.31 Å². The first-order chi connectivity index (χ1) is 11.9. The number of carbonyl (C=O) groups is 1. The average Bonchev–Trinajstić information content (AvgIpc) is 2.77. The zero-order valence-corrected chi connectivity index (χ0v) is 16.4. The quantitative estimate of drug-likeness (QED) is 0.739. The van der Waals surface area contributed by atoms with Crippen LogP contribution in [0.5, 0.6) is 0 Å². The zero-order chi connectivity index (χ0) is 17.6. The minimum Gasteiger partial charge on any atom is -0.333 e. The van der Waals surface area contributed by atoms with Crippen molar-refractivity contribution in [3.05, 3.63) is 21.4 Å². The molecule has 0 radical (unpaired) electrons. The lowest BCUT2D eigenvalue weighted by atomic mass is 9.95. The van der Waals surface area contributed by atoms with Crippen LogP contribution in [-0.2, 0) is 22.9 Å². The van der Waals surface area contributed by atoms with Gasteiger partial charge < -0.3 is 4.90 Å². The van der Waals surface area contributed by atoms with Gasteiger partial charge in [0.25, 0.3) is 5.91 Å². The highest BCUT2D eigenvalue weighted by Gasteiger charge is 2.40.